The number of rotatable bonds is 2. The Kier molecular flexibility index (Phi) is 3.77. The molecule has 1 aliphatic rings. The van der Waals surface area contributed by atoms with Crippen LogP contribution in [0.4, 0.5) is 4.39 Å². The number of aromatic nitrogens is 3. The minimum Gasteiger partial charge on any atom is -0.368 e. The highest BCUT2D eigenvalue weighted by Gasteiger charge is 2.36. The zero-order valence-electron chi connectivity index (χ0n) is 12.2. The lowest BCUT2D eigenvalue weighted by Gasteiger charge is -2.34. The fraction of sp³-hybridized carbons (Fsp3) is 0.286. The number of carbonyl (C=O) groups excluding carboxylic acids is 2. The van der Waals surface area contributed by atoms with Gasteiger partial charge in [0.1, 0.15) is 11.9 Å². The average molecular weight is 338 g/mol. The summed E-state index contributed by atoms with van der Waals surface area (Å²) in [5.74, 6) is -1.05. The molecule has 23 heavy (non-hydrogen) atoms. The van der Waals surface area contributed by atoms with Crippen molar-refractivity contribution in [2.24, 2.45) is 5.73 Å². The van der Waals surface area contributed by atoms with Gasteiger partial charge < -0.3 is 15.2 Å². The molecule has 0 fully saturated rings. The van der Waals surface area contributed by atoms with Gasteiger partial charge in [0.15, 0.2) is 11.6 Å². The number of benzene rings is 1. The van der Waals surface area contributed by atoms with E-state index in [1.807, 2.05) is 0 Å². The average Bonchev–Trinajstić information content (AvgIpc) is 2.89. The van der Waals surface area contributed by atoms with Crippen LogP contribution in [0.15, 0.2) is 18.2 Å². The van der Waals surface area contributed by atoms with E-state index in [1.165, 1.54) is 23.1 Å². The van der Waals surface area contributed by atoms with Gasteiger partial charge in [-0.3, -0.25) is 9.59 Å². The number of carbonyl (C=O) groups is 2. The first-order valence-corrected chi connectivity index (χ1v) is 7.21. The van der Waals surface area contributed by atoms with E-state index in [0.29, 0.717) is 11.6 Å². The van der Waals surface area contributed by atoms with Gasteiger partial charge in [0.2, 0.25) is 5.91 Å². The van der Waals surface area contributed by atoms with Gasteiger partial charge in [-0.15, -0.1) is 10.2 Å². The van der Waals surface area contributed by atoms with Crippen molar-refractivity contribution in [3.63, 3.8) is 0 Å². The summed E-state index contributed by atoms with van der Waals surface area (Å²) >= 11 is 5.72. The summed E-state index contributed by atoms with van der Waals surface area (Å²) in [5.41, 5.74) is 5.20. The van der Waals surface area contributed by atoms with Crippen LogP contribution in [0.3, 0.4) is 0 Å². The molecule has 1 unspecified atom stereocenters. The highest BCUT2D eigenvalue weighted by atomic mass is 35.5. The van der Waals surface area contributed by atoms with E-state index < -0.39 is 23.7 Å². The van der Waals surface area contributed by atoms with Gasteiger partial charge >= 0.3 is 0 Å². The minimum atomic E-state index is -0.914. The predicted octanol–water partition coefficient (Wildman–Crippen LogP) is 0.889. The van der Waals surface area contributed by atoms with Crippen molar-refractivity contribution < 1.29 is 14.0 Å². The monoisotopic (exact) mass is 337 g/mol. The first-order valence-electron chi connectivity index (χ1n) is 6.83. The lowest BCUT2D eigenvalue weighted by Crippen LogP contribution is -2.53. The smallest absolute Gasteiger partial charge is 0.258 e. The van der Waals surface area contributed by atoms with Crippen LogP contribution in [-0.4, -0.2) is 37.5 Å². The fourth-order valence-electron chi connectivity index (χ4n) is 2.59. The largest absolute Gasteiger partial charge is 0.368 e. The summed E-state index contributed by atoms with van der Waals surface area (Å²) in [6.45, 7) is 1.89. The van der Waals surface area contributed by atoms with Crippen LogP contribution in [0.25, 0.3) is 0 Å². The molecule has 2 amide bonds. The van der Waals surface area contributed by atoms with E-state index >= 15 is 0 Å². The van der Waals surface area contributed by atoms with Crippen molar-refractivity contribution in [1.82, 2.24) is 19.7 Å². The molecule has 0 radical (unpaired) electrons. The Bertz CT molecular complexity index is 806. The third-order valence-electron chi connectivity index (χ3n) is 3.83. The second-order valence-corrected chi connectivity index (χ2v) is 5.63. The predicted molar refractivity (Wildman–Crippen MR) is 79.0 cm³/mol. The van der Waals surface area contributed by atoms with Crippen LogP contribution in [0.5, 0.6) is 0 Å². The molecule has 1 aliphatic heterocycles. The molecule has 2 N–H and O–H groups in total. The maximum Gasteiger partial charge on any atom is 0.258 e. The molecule has 1 aromatic carbocycles. The van der Waals surface area contributed by atoms with Gasteiger partial charge in [0.25, 0.3) is 5.91 Å². The molecule has 120 valence electrons. The summed E-state index contributed by atoms with van der Waals surface area (Å²) in [6.07, 6.45) is 0. The maximum atomic E-state index is 14.1. The van der Waals surface area contributed by atoms with E-state index in [4.69, 9.17) is 17.3 Å². The molecule has 3 rings (SSSR count). The van der Waals surface area contributed by atoms with Crippen molar-refractivity contribution >= 4 is 23.4 Å². The Hall–Kier alpha value is -2.48. The molecule has 7 nitrogen and oxygen atoms in total. The van der Waals surface area contributed by atoms with Gasteiger partial charge in [-0.25, -0.2) is 4.39 Å². The molecule has 0 aliphatic carbocycles. The first-order chi connectivity index (χ1) is 10.9. The molecule has 2 aromatic rings. The van der Waals surface area contributed by atoms with Crippen LogP contribution in [0.1, 0.15) is 22.0 Å². The maximum absolute atomic E-state index is 14.1. The quantitative estimate of drug-likeness (QED) is 0.880. The van der Waals surface area contributed by atoms with Crippen LogP contribution in [-0.2, 0) is 17.9 Å². The highest BCUT2D eigenvalue weighted by molar-refractivity contribution is 6.31. The number of hydrogen-bond donors (Lipinski definition) is 1. The molecule has 0 spiro atoms. The van der Waals surface area contributed by atoms with Gasteiger partial charge in [0, 0.05) is 0 Å². The molecule has 0 bridgehead atoms. The van der Waals surface area contributed by atoms with Crippen LogP contribution >= 0.6 is 11.6 Å². The number of fused-ring (bicyclic) bond motifs is 1. The molecular formula is C14H13ClFN5O2. The van der Waals surface area contributed by atoms with E-state index in [2.05, 4.69) is 10.2 Å². The number of amides is 2. The zero-order valence-corrected chi connectivity index (χ0v) is 12.9. The van der Waals surface area contributed by atoms with Crippen molar-refractivity contribution in [2.45, 2.75) is 26.1 Å². The number of nitrogens with zero attached hydrogens (tertiary/aromatic N) is 4. The first kappa shape index (κ1) is 15.4. The fourth-order valence-corrected chi connectivity index (χ4v) is 2.77. The number of halogens is 2. The van der Waals surface area contributed by atoms with E-state index in [-0.39, 0.29) is 23.7 Å². The second kappa shape index (κ2) is 5.62. The Morgan fingerprint density at radius 1 is 1.39 bits per heavy atom. The minimum absolute atomic E-state index is 0.0131. The van der Waals surface area contributed by atoms with Gasteiger partial charge in [-0.05, 0) is 19.1 Å². The number of primary amides is 1. The molecule has 0 saturated heterocycles. The Morgan fingerprint density at radius 3 is 2.83 bits per heavy atom. The van der Waals surface area contributed by atoms with Crippen molar-refractivity contribution in [3.05, 3.63) is 46.3 Å². The summed E-state index contributed by atoms with van der Waals surface area (Å²) in [6, 6.07) is 3.21. The molecule has 1 atom stereocenters. The zero-order chi connectivity index (χ0) is 16.7. The molecule has 2 heterocycles. The van der Waals surface area contributed by atoms with E-state index in [9.17, 15) is 14.0 Å². The summed E-state index contributed by atoms with van der Waals surface area (Å²) in [4.78, 5) is 25.6. The Labute approximate surface area is 135 Å². The summed E-state index contributed by atoms with van der Waals surface area (Å²) < 4.78 is 15.8. The van der Waals surface area contributed by atoms with Crippen molar-refractivity contribution in [3.8, 4) is 0 Å². The number of aryl methyl sites for hydroxylation is 1. The summed E-state index contributed by atoms with van der Waals surface area (Å²) in [7, 11) is 0. The van der Waals surface area contributed by atoms with E-state index in [1.54, 1.807) is 11.5 Å². The molecule has 0 saturated carbocycles. The lowest BCUT2D eigenvalue weighted by atomic mass is 10.1. The SMILES string of the molecule is Cc1nnc2n1CC(C(N)=O)N(C(=O)c1cccc(Cl)c1F)C2. The Balaban J connectivity index is 2.01. The highest BCUT2D eigenvalue weighted by Crippen LogP contribution is 2.24. The van der Waals surface area contributed by atoms with Gasteiger partial charge in [0.05, 0.1) is 23.7 Å². The van der Waals surface area contributed by atoms with Gasteiger partial charge in [-0.1, -0.05) is 17.7 Å². The standard InChI is InChI=1S/C14H13ClFN5O2/c1-7-18-19-11-6-21(10(13(17)22)5-20(7)11)14(23)8-3-2-4-9(15)12(8)16/h2-4,10H,5-6H2,1H3,(H2,17,22). The number of nitrogens with two attached hydrogens (primary N) is 1. The van der Waals surface area contributed by atoms with Crippen molar-refractivity contribution in [2.75, 3.05) is 0 Å². The third kappa shape index (κ3) is 2.55. The van der Waals surface area contributed by atoms with E-state index in [0.717, 1.165) is 0 Å². The third-order valence-corrected chi connectivity index (χ3v) is 4.12. The second-order valence-electron chi connectivity index (χ2n) is 5.23. The van der Waals surface area contributed by atoms with Crippen molar-refractivity contribution in [1.29, 1.82) is 0 Å². The van der Waals surface area contributed by atoms with Crippen LogP contribution in [0, 0.1) is 12.7 Å². The number of hydrogen-bond acceptors (Lipinski definition) is 4. The lowest BCUT2D eigenvalue weighted by molar-refractivity contribution is -0.123. The van der Waals surface area contributed by atoms with Crippen LogP contribution in [0.2, 0.25) is 5.02 Å². The summed E-state index contributed by atoms with van der Waals surface area (Å²) in [5, 5.41) is 7.72. The molecule has 1 aromatic heterocycles. The topological polar surface area (TPSA) is 94.1 Å². The van der Waals surface area contributed by atoms with Crippen LogP contribution < -0.4 is 5.73 Å². The Morgan fingerprint density at radius 2 is 2.13 bits per heavy atom. The molecule has 9 heteroatoms. The van der Waals surface area contributed by atoms with Gasteiger partial charge in [-0.2, -0.15) is 0 Å². The molecular weight excluding hydrogens is 325 g/mol. The normalized spacial score (nSPS) is 17.0.